The molecule has 138 valence electrons. The van der Waals surface area contributed by atoms with Gasteiger partial charge in [-0.05, 0) is 19.3 Å². The first kappa shape index (κ1) is 19.0. The Morgan fingerprint density at radius 1 is 1.24 bits per heavy atom. The van der Waals surface area contributed by atoms with E-state index >= 15 is 0 Å². The summed E-state index contributed by atoms with van der Waals surface area (Å²) in [5.41, 5.74) is 0.967. The molecule has 2 rings (SSSR count). The van der Waals surface area contributed by atoms with E-state index in [4.69, 9.17) is 0 Å². The van der Waals surface area contributed by atoms with Crippen molar-refractivity contribution in [2.45, 2.75) is 25.7 Å². The van der Waals surface area contributed by atoms with Gasteiger partial charge in [-0.15, -0.1) is 0 Å². The van der Waals surface area contributed by atoms with E-state index in [1.807, 2.05) is 0 Å². The van der Waals surface area contributed by atoms with Crippen LogP contribution in [0.15, 0.2) is 10.9 Å². The first-order chi connectivity index (χ1) is 11.9. The monoisotopic (exact) mass is 352 g/mol. The van der Waals surface area contributed by atoms with Gasteiger partial charge in [-0.2, -0.15) is 0 Å². The third kappa shape index (κ3) is 4.80. The second-order valence-corrected chi connectivity index (χ2v) is 6.27. The molecule has 0 radical (unpaired) electrons. The lowest BCUT2D eigenvalue weighted by Gasteiger charge is -2.24. The highest BCUT2D eigenvalue weighted by Gasteiger charge is 2.21. The number of nitrogens with one attached hydrogen (secondary N) is 2. The number of hydrogen-bond acceptors (Lipinski definition) is 4. The molecule has 7 nitrogen and oxygen atoms in total. The minimum absolute atomic E-state index is 0.114. The van der Waals surface area contributed by atoms with Crippen LogP contribution in [0.2, 0.25) is 0 Å². The van der Waals surface area contributed by atoms with Crippen LogP contribution in [0.5, 0.6) is 0 Å². The molecule has 1 aromatic heterocycles. The van der Waals surface area contributed by atoms with Crippen molar-refractivity contribution < 1.29 is 14.0 Å². The molecule has 0 saturated heterocycles. The van der Waals surface area contributed by atoms with Crippen LogP contribution in [0, 0.1) is 0 Å². The van der Waals surface area contributed by atoms with Gasteiger partial charge in [-0.25, -0.2) is 0 Å². The standard InChI is InChI=1S/C17H25FN4O3/c1-21(15(24)6-7-18)9-4-10-22(2)17(25)13-11-14(23)20-16-12(13)5-3-8-19-16/h11H,3-10H2,1-2H3,(H2,19,20,23). The molecule has 25 heavy (non-hydrogen) atoms. The summed E-state index contributed by atoms with van der Waals surface area (Å²) in [5.74, 6) is 0.182. The molecule has 0 unspecified atom stereocenters. The van der Waals surface area contributed by atoms with Gasteiger partial charge in [0.05, 0.1) is 18.7 Å². The Morgan fingerprint density at radius 3 is 2.68 bits per heavy atom. The van der Waals surface area contributed by atoms with Crippen molar-refractivity contribution in [2.24, 2.45) is 0 Å². The van der Waals surface area contributed by atoms with Crippen molar-refractivity contribution in [3.63, 3.8) is 0 Å². The van der Waals surface area contributed by atoms with Crippen LogP contribution in [-0.4, -0.2) is 67.0 Å². The van der Waals surface area contributed by atoms with Crippen molar-refractivity contribution in [3.05, 3.63) is 27.5 Å². The summed E-state index contributed by atoms with van der Waals surface area (Å²) in [5, 5.41) is 3.12. The molecule has 1 aromatic rings. The predicted molar refractivity (Wildman–Crippen MR) is 93.7 cm³/mol. The fourth-order valence-electron chi connectivity index (χ4n) is 2.92. The summed E-state index contributed by atoms with van der Waals surface area (Å²) in [6.07, 6.45) is 2.12. The molecule has 2 N–H and O–H groups in total. The Labute approximate surface area is 146 Å². The number of alkyl halides is 1. The number of pyridine rings is 1. The zero-order chi connectivity index (χ0) is 18.4. The maximum Gasteiger partial charge on any atom is 0.254 e. The van der Waals surface area contributed by atoms with Crippen LogP contribution in [0.1, 0.15) is 35.2 Å². The largest absolute Gasteiger partial charge is 0.371 e. The average Bonchev–Trinajstić information content (AvgIpc) is 2.60. The Hall–Kier alpha value is -2.38. The number of aromatic amines is 1. The summed E-state index contributed by atoms with van der Waals surface area (Å²) >= 11 is 0. The fraction of sp³-hybridized carbons (Fsp3) is 0.588. The van der Waals surface area contributed by atoms with Crippen molar-refractivity contribution in [1.29, 1.82) is 0 Å². The van der Waals surface area contributed by atoms with Crippen LogP contribution in [-0.2, 0) is 11.2 Å². The van der Waals surface area contributed by atoms with E-state index in [-0.39, 0.29) is 23.8 Å². The maximum atomic E-state index is 12.7. The molecule has 1 aliphatic heterocycles. The number of carbonyl (C=O) groups is 2. The molecule has 2 heterocycles. The molecular weight excluding hydrogens is 327 g/mol. The first-order valence-electron chi connectivity index (χ1n) is 8.49. The number of aromatic nitrogens is 1. The number of amides is 2. The van der Waals surface area contributed by atoms with Gasteiger partial charge in [-0.3, -0.25) is 18.8 Å². The summed E-state index contributed by atoms with van der Waals surface area (Å²) in [4.78, 5) is 41.8. The molecule has 1 aliphatic rings. The zero-order valence-corrected chi connectivity index (χ0v) is 14.7. The number of rotatable bonds is 7. The fourth-order valence-corrected chi connectivity index (χ4v) is 2.92. The number of nitrogens with zero attached hydrogens (tertiary/aromatic N) is 2. The Bertz CT molecular complexity index is 689. The van der Waals surface area contributed by atoms with Crippen molar-refractivity contribution in [2.75, 3.05) is 45.7 Å². The summed E-state index contributed by atoms with van der Waals surface area (Å²) in [6, 6.07) is 1.35. The van der Waals surface area contributed by atoms with Crippen LogP contribution < -0.4 is 10.9 Å². The molecule has 0 spiro atoms. The molecule has 0 atom stereocenters. The zero-order valence-electron chi connectivity index (χ0n) is 14.7. The quantitative estimate of drug-likeness (QED) is 0.767. The summed E-state index contributed by atoms with van der Waals surface area (Å²) in [6.45, 7) is 1.01. The van der Waals surface area contributed by atoms with Crippen molar-refractivity contribution in [3.8, 4) is 0 Å². The third-order valence-corrected chi connectivity index (χ3v) is 4.35. The first-order valence-corrected chi connectivity index (χ1v) is 8.49. The SMILES string of the molecule is CN(CCCN(C)C(=O)c1cc(=O)[nH]c2c1CCCN2)C(=O)CCF. The highest BCUT2D eigenvalue weighted by atomic mass is 19.1. The molecule has 8 heteroatoms. The van der Waals surface area contributed by atoms with E-state index in [0.717, 1.165) is 24.9 Å². The average molecular weight is 352 g/mol. The summed E-state index contributed by atoms with van der Waals surface area (Å²) in [7, 11) is 3.30. The molecule has 0 fully saturated rings. The van der Waals surface area contributed by atoms with Gasteiger partial charge < -0.3 is 20.1 Å². The van der Waals surface area contributed by atoms with E-state index in [9.17, 15) is 18.8 Å². The topological polar surface area (TPSA) is 85.5 Å². The minimum Gasteiger partial charge on any atom is -0.371 e. The van der Waals surface area contributed by atoms with Crippen LogP contribution in [0.3, 0.4) is 0 Å². The molecule has 2 amide bonds. The van der Waals surface area contributed by atoms with Gasteiger partial charge in [0.25, 0.3) is 5.91 Å². The highest BCUT2D eigenvalue weighted by Crippen LogP contribution is 2.22. The van der Waals surface area contributed by atoms with E-state index in [2.05, 4.69) is 10.3 Å². The van der Waals surface area contributed by atoms with Crippen LogP contribution in [0.25, 0.3) is 0 Å². The Morgan fingerprint density at radius 2 is 1.96 bits per heavy atom. The number of anilines is 1. The number of H-pyrrole nitrogens is 1. The molecule has 0 bridgehead atoms. The number of fused-ring (bicyclic) bond motifs is 1. The lowest BCUT2D eigenvalue weighted by atomic mass is 10.0. The van der Waals surface area contributed by atoms with E-state index in [1.165, 1.54) is 11.0 Å². The van der Waals surface area contributed by atoms with Crippen LogP contribution >= 0.6 is 0 Å². The summed E-state index contributed by atoms with van der Waals surface area (Å²) < 4.78 is 12.2. The number of halogens is 1. The van der Waals surface area contributed by atoms with Gasteiger partial charge in [0.2, 0.25) is 11.5 Å². The van der Waals surface area contributed by atoms with Gasteiger partial charge >= 0.3 is 0 Å². The van der Waals surface area contributed by atoms with Crippen molar-refractivity contribution in [1.82, 2.24) is 14.8 Å². The smallest absolute Gasteiger partial charge is 0.254 e. The second-order valence-electron chi connectivity index (χ2n) is 6.27. The van der Waals surface area contributed by atoms with Gasteiger partial charge in [0.15, 0.2) is 0 Å². The number of hydrogen-bond donors (Lipinski definition) is 2. The normalized spacial score (nSPS) is 12.9. The van der Waals surface area contributed by atoms with Gasteiger partial charge in [0, 0.05) is 45.4 Å². The van der Waals surface area contributed by atoms with E-state index in [1.54, 1.807) is 19.0 Å². The predicted octanol–water partition coefficient (Wildman–Crippen LogP) is 1.01. The van der Waals surface area contributed by atoms with E-state index < -0.39 is 6.67 Å². The molecular formula is C17H25FN4O3. The Balaban J connectivity index is 1.98. The van der Waals surface area contributed by atoms with Gasteiger partial charge in [0.1, 0.15) is 5.82 Å². The maximum absolute atomic E-state index is 12.7. The highest BCUT2D eigenvalue weighted by molar-refractivity contribution is 5.96. The molecule has 0 aromatic carbocycles. The third-order valence-electron chi connectivity index (χ3n) is 4.35. The van der Waals surface area contributed by atoms with E-state index in [0.29, 0.717) is 30.9 Å². The molecule has 0 saturated carbocycles. The van der Waals surface area contributed by atoms with Gasteiger partial charge in [-0.1, -0.05) is 0 Å². The second kappa shape index (κ2) is 8.64. The van der Waals surface area contributed by atoms with Crippen molar-refractivity contribution >= 4 is 17.6 Å². The lowest BCUT2D eigenvalue weighted by Crippen LogP contribution is -2.34. The molecule has 0 aliphatic carbocycles. The minimum atomic E-state index is -0.663. The Kier molecular flexibility index (Phi) is 6.55. The van der Waals surface area contributed by atoms with Crippen LogP contribution in [0.4, 0.5) is 10.2 Å². The lowest BCUT2D eigenvalue weighted by molar-refractivity contribution is -0.130. The number of carbonyl (C=O) groups excluding carboxylic acids is 2.